The Hall–Kier alpha value is -2.61. The lowest BCUT2D eigenvalue weighted by atomic mass is 10.1. The molecule has 1 saturated heterocycles. The van der Waals surface area contributed by atoms with Crippen molar-refractivity contribution in [2.45, 2.75) is 12.6 Å². The third-order valence-corrected chi connectivity index (χ3v) is 5.36. The number of halogens is 1. The van der Waals surface area contributed by atoms with Gasteiger partial charge in [-0.25, -0.2) is 4.98 Å². The van der Waals surface area contributed by atoms with Crippen LogP contribution in [0.4, 0.5) is 0 Å². The van der Waals surface area contributed by atoms with Crippen molar-refractivity contribution in [3.05, 3.63) is 71.0 Å². The van der Waals surface area contributed by atoms with Crippen LogP contribution in [0.1, 0.15) is 29.7 Å². The van der Waals surface area contributed by atoms with E-state index in [0.29, 0.717) is 5.15 Å². The normalized spacial score (nSPS) is 19.9. The van der Waals surface area contributed by atoms with Crippen molar-refractivity contribution >= 4 is 17.3 Å². The van der Waals surface area contributed by atoms with Crippen LogP contribution in [0.2, 0.25) is 5.15 Å². The molecule has 0 spiro atoms. The van der Waals surface area contributed by atoms with Crippen molar-refractivity contribution in [2.24, 2.45) is 4.99 Å². The van der Waals surface area contributed by atoms with Crippen LogP contribution in [-0.4, -0.2) is 56.5 Å². The van der Waals surface area contributed by atoms with E-state index in [-0.39, 0.29) is 6.17 Å². The fourth-order valence-electron chi connectivity index (χ4n) is 3.81. The van der Waals surface area contributed by atoms with E-state index in [4.69, 9.17) is 16.6 Å². The number of hydrogen-bond acceptors (Lipinski definition) is 6. The van der Waals surface area contributed by atoms with Crippen molar-refractivity contribution in [3.63, 3.8) is 0 Å². The van der Waals surface area contributed by atoms with Crippen molar-refractivity contribution in [2.75, 3.05) is 26.2 Å². The van der Waals surface area contributed by atoms with E-state index in [1.54, 1.807) is 12.4 Å². The maximum absolute atomic E-state index is 6.27. The van der Waals surface area contributed by atoms with Crippen LogP contribution in [0.5, 0.6) is 0 Å². The molecule has 1 aromatic carbocycles. The maximum Gasteiger partial charge on any atom is 0.177 e. The standard InChI is InChI=1S/C20H20ClN7/c21-16-8-7-15-18(24-16)17(14-5-2-1-3-6-14)25-19(20-26-23-13-28(15)20)27-11-4-9-22-10-12-27/h1-3,5-8,13,19,22H,4,9-12H2. The van der Waals surface area contributed by atoms with Crippen LogP contribution in [0.15, 0.2) is 53.8 Å². The molecule has 0 aliphatic carbocycles. The molecule has 1 unspecified atom stereocenters. The van der Waals surface area contributed by atoms with Gasteiger partial charge in [-0.15, -0.1) is 10.2 Å². The van der Waals surface area contributed by atoms with Gasteiger partial charge in [-0.1, -0.05) is 41.9 Å². The number of rotatable bonds is 2. The van der Waals surface area contributed by atoms with Gasteiger partial charge in [0.25, 0.3) is 0 Å². The monoisotopic (exact) mass is 393 g/mol. The van der Waals surface area contributed by atoms with E-state index in [0.717, 1.165) is 61.1 Å². The molecule has 4 heterocycles. The van der Waals surface area contributed by atoms with Crippen LogP contribution >= 0.6 is 11.6 Å². The summed E-state index contributed by atoms with van der Waals surface area (Å²) in [6, 6.07) is 13.9. The Balaban J connectivity index is 1.73. The minimum atomic E-state index is -0.231. The minimum absolute atomic E-state index is 0.231. The molecule has 0 saturated carbocycles. The smallest absolute Gasteiger partial charge is 0.177 e. The summed E-state index contributed by atoms with van der Waals surface area (Å²) in [7, 11) is 0. The van der Waals surface area contributed by atoms with Gasteiger partial charge in [0.15, 0.2) is 12.0 Å². The first kappa shape index (κ1) is 17.5. The summed E-state index contributed by atoms with van der Waals surface area (Å²) in [5.41, 5.74) is 3.47. The van der Waals surface area contributed by atoms with Crippen LogP contribution in [0.25, 0.3) is 5.69 Å². The first-order chi connectivity index (χ1) is 13.8. The summed E-state index contributed by atoms with van der Waals surface area (Å²) in [5.74, 6) is 0.804. The number of nitrogens with one attached hydrogen (secondary N) is 1. The Bertz CT molecular complexity index is 1010. The first-order valence-electron chi connectivity index (χ1n) is 9.46. The van der Waals surface area contributed by atoms with Gasteiger partial charge in [-0.3, -0.25) is 14.5 Å². The van der Waals surface area contributed by atoms with E-state index < -0.39 is 0 Å². The van der Waals surface area contributed by atoms with Crippen LogP contribution in [0, 0.1) is 0 Å². The number of benzene rings is 1. The van der Waals surface area contributed by atoms with E-state index in [9.17, 15) is 0 Å². The number of pyridine rings is 1. The number of hydrogen-bond donors (Lipinski definition) is 1. The zero-order chi connectivity index (χ0) is 18.9. The molecule has 0 bridgehead atoms. The third kappa shape index (κ3) is 3.11. The molecule has 142 valence electrons. The van der Waals surface area contributed by atoms with Gasteiger partial charge >= 0.3 is 0 Å². The fraction of sp³-hybridized carbons (Fsp3) is 0.300. The van der Waals surface area contributed by atoms with E-state index in [1.165, 1.54) is 0 Å². The average molecular weight is 394 g/mol. The highest BCUT2D eigenvalue weighted by Gasteiger charge is 2.31. The lowest BCUT2D eigenvalue weighted by Gasteiger charge is -2.26. The Morgan fingerprint density at radius 2 is 1.93 bits per heavy atom. The zero-order valence-corrected chi connectivity index (χ0v) is 16.0. The molecule has 3 aromatic rings. The molecule has 28 heavy (non-hydrogen) atoms. The Morgan fingerprint density at radius 1 is 1.04 bits per heavy atom. The van der Waals surface area contributed by atoms with Gasteiger partial charge < -0.3 is 5.32 Å². The molecule has 2 aliphatic heterocycles. The quantitative estimate of drug-likeness (QED) is 0.677. The van der Waals surface area contributed by atoms with Gasteiger partial charge in [-0.05, 0) is 25.1 Å². The van der Waals surface area contributed by atoms with Gasteiger partial charge in [0, 0.05) is 25.2 Å². The summed E-state index contributed by atoms with van der Waals surface area (Å²) in [6.45, 7) is 3.79. The van der Waals surface area contributed by atoms with E-state index >= 15 is 0 Å². The Labute approximate surface area is 168 Å². The van der Waals surface area contributed by atoms with Gasteiger partial charge in [0.05, 0.1) is 11.4 Å². The van der Waals surface area contributed by atoms with Crippen LogP contribution < -0.4 is 5.32 Å². The zero-order valence-electron chi connectivity index (χ0n) is 15.3. The van der Waals surface area contributed by atoms with Gasteiger partial charge in [0.2, 0.25) is 0 Å². The predicted octanol–water partition coefficient (Wildman–Crippen LogP) is 2.46. The van der Waals surface area contributed by atoms with Crippen LogP contribution in [0.3, 0.4) is 0 Å². The molecule has 5 rings (SSSR count). The van der Waals surface area contributed by atoms with Gasteiger partial charge in [0.1, 0.15) is 17.2 Å². The second kappa shape index (κ2) is 7.43. The number of fused-ring (bicyclic) bond motifs is 3. The number of aromatic nitrogens is 4. The first-order valence-corrected chi connectivity index (χ1v) is 9.84. The molecule has 2 aromatic heterocycles. The Kier molecular flexibility index (Phi) is 4.64. The van der Waals surface area contributed by atoms with E-state index in [1.807, 2.05) is 28.8 Å². The summed E-state index contributed by atoms with van der Waals surface area (Å²) >= 11 is 6.27. The van der Waals surface area contributed by atoms with E-state index in [2.05, 4.69) is 37.5 Å². The van der Waals surface area contributed by atoms with Crippen molar-refractivity contribution in [1.82, 2.24) is 30.0 Å². The highest BCUT2D eigenvalue weighted by atomic mass is 35.5. The summed E-state index contributed by atoms with van der Waals surface area (Å²) in [5, 5.41) is 12.5. The highest BCUT2D eigenvalue weighted by Crippen LogP contribution is 2.31. The lowest BCUT2D eigenvalue weighted by molar-refractivity contribution is 0.208. The molecule has 7 nitrogen and oxygen atoms in total. The summed E-state index contributed by atoms with van der Waals surface area (Å²) in [4.78, 5) is 12.2. The number of nitrogens with zero attached hydrogens (tertiary/aromatic N) is 6. The largest absolute Gasteiger partial charge is 0.315 e. The van der Waals surface area contributed by atoms with Crippen molar-refractivity contribution < 1.29 is 0 Å². The summed E-state index contributed by atoms with van der Waals surface area (Å²) < 4.78 is 1.99. The predicted molar refractivity (Wildman–Crippen MR) is 108 cm³/mol. The fourth-order valence-corrected chi connectivity index (χ4v) is 3.95. The molecule has 1 atom stereocenters. The topological polar surface area (TPSA) is 71.2 Å². The minimum Gasteiger partial charge on any atom is -0.315 e. The molecule has 1 N–H and O–H groups in total. The summed E-state index contributed by atoms with van der Waals surface area (Å²) in [6.07, 6.45) is 2.57. The second-order valence-corrected chi connectivity index (χ2v) is 7.31. The Morgan fingerprint density at radius 3 is 2.82 bits per heavy atom. The molecule has 8 heteroatoms. The molecular formula is C20H20ClN7. The second-order valence-electron chi connectivity index (χ2n) is 6.92. The van der Waals surface area contributed by atoms with Crippen molar-refractivity contribution in [3.8, 4) is 5.69 Å². The molecule has 2 aliphatic rings. The third-order valence-electron chi connectivity index (χ3n) is 5.15. The van der Waals surface area contributed by atoms with Crippen molar-refractivity contribution in [1.29, 1.82) is 0 Å². The molecule has 1 fully saturated rings. The molecule has 0 amide bonds. The molecule has 0 radical (unpaired) electrons. The average Bonchev–Trinajstić information content (AvgIpc) is 2.97. The maximum atomic E-state index is 6.27. The number of aliphatic imine (C=N–C) groups is 1. The lowest BCUT2D eigenvalue weighted by Crippen LogP contribution is -2.33. The SMILES string of the molecule is Clc1ccc2c(n1)C(c1ccccc1)=NC(N1CCCNCC1)c1nncn1-2. The van der Waals surface area contributed by atoms with Crippen LogP contribution in [-0.2, 0) is 0 Å². The molecular weight excluding hydrogens is 374 g/mol. The van der Waals surface area contributed by atoms with Gasteiger partial charge in [-0.2, -0.15) is 0 Å². The highest BCUT2D eigenvalue weighted by molar-refractivity contribution is 6.30.